The van der Waals surface area contributed by atoms with E-state index in [2.05, 4.69) is 24.5 Å². The average molecular weight is 563 g/mol. The third kappa shape index (κ3) is 4.62. The number of para-hydroxylation sites is 1. The van der Waals surface area contributed by atoms with Crippen molar-refractivity contribution in [1.82, 2.24) is 19.8 Å². The van der Waals surface area contributed by atoms with Crippen LogP contribution < -0.4 is 10.9 Å². The summed E-state index contributed by atoms with van der Waals surface area (Å²) in [5.41, 5.74) is 2.89. The number of aryl methyl sites for hydroxylation is 1. The van der Waals surface area contributed by atoms with Crippen LogP contribution in [0.4, 0.5) is 4.79 Å². The van der Waals surface area contributed by atoms with E-state index in [-0.39, 0.29) is 24.6 Å². The minimum atomic E-state index is -1.85. The Kier molecular flexibility index (Phi) is 7.34. The van der Waals surface area contributed by atoms with Gasteiger partial charge in [-0.2, -0.15) is 0 Å². The van der Waals surface area contributed by atoms with E-state index < -0.39 is 19.6 Å². The van der Waals surface area contributed by atoms with E-state index in [1.807, 2.05) is 32.0 Å². The van der Waals surface area contributed by atoms with Gasteiger partial charge in [0.25, 0.3) is 5.56 Å². The Morgan fingerprint density at radius 1 is 1.18 bits per heavy atom. The number of urea groups is 1. The van der Waals surface area contributed by atoms with Crippen LogP contribution in [0.25, 0.3) is 22.3 Å². The number of hydrogen-bond donors (Lipinski definition) is 2. The van der Waals surface area contributed by atoms with E-state index in [9.17, 15) is 19.5 Å². The van der Waals surface area contributed by atoms with Gasteiger partial charge in [-0.1, -0.05) is 44.3 Å². The topological polar surface area (TPSA) is 114 Å². The second-order valence-electron chi connectivity index (χ2n) is 11.5. The maximum atomic E-state index is 13.7. The molecule has 212 valence electrons. The molecule has 2 aromatic heterocycles. The van der Waals surface area contributed by atoms with Gasteiger partial charge in [0, 0.05) is 35.8 Å². The molecule has 5 rings (SSSR count). The van der Waals surface area contributed by atoms with Crippen molar-refractivity contribution in [1.29, 1.82) is 0 Å². The largest absolute Gasteiger partial charge is 0.458 e. The molecule has 1 aromatic carbocycles. The third-order valence-corrected chi connectivity index (χ3v) is 11.3. The standard InChI is InChI=1S/C30H38N4O5Si/c1-6-30(38)23-15-25-26-21(16-34(25)27(35)22(23)17-39-28(30)36)19(20-11-9-10-12-24(20)32-26)13-14-40(4,5)18-31-29(37)33(7-2)8-3/h9-12,15,38H,6-8,13-14,16-18H2,1-5H3,(H,31,37)/t30-/m0/s1. The van der Waals surface area contributed by atoms with Gasteiger partial charge in [0.1, 0.15) is 6.61 Å². The van der Waals surface area contributed by atoms with Crippen molar-refractivity contribution in [3.05, 3.63) is 62.9 Å². The number of fused-ring (bicyclic) bond motifs is 5. The number of hydrogen-bond acceptors (Lipinski definition) is 6. The number of aromatic nitrogens is 2. The fourth-order valence-corrected chi connectivity index (χ4v) is 7.62. The number of rotatable bonds is 8. The lowest BCUT2D eigenvalue weighted by Gasteiger charge is -2.31. The molecule has 0 saturated heterocycles. The zero-order valence-corrected chi connectivity index (χ0v) is 25.0. The molecule has 3 aromatic rings. The van der Waals surface area contributed by atoms with Gasteiger partial charge in [0.05, 0.1) is 37.1 Å². The van der Waals surface area contributed by atoms with Gasteiger partial charge in [-0.05, 0) is 44.4 Å². The molecule has 0 aliphatic carbocycles. The number of aliphatic hydroxyl groups is 1. The number of carbonyl (C=O) groups excluding carboxylic acids is 2. The number of esters is 1. The summed E-state index contributed by atoms with van der Waals surface area (Å²) >= 11 is 0. The molecule has 10 heteroatoms. The highest BCUT2D eigenvalue weighted by molar-refractivity contribution is 6.77. The lowest BCUT2D eigenvalue weighted by molar-refractivity contribution is -0.172. The first-order valence-electron chi connectivity index (χ1n) is 14.1. The third-order valence-electron chi connectivity index (χ3n) is 8.53. The Labute approximate surface area is 235 Å². The van der Waals surface area contributed by atoms with Crippen LogP contribution in [0.5, 0.6) is 0 Å². The van der Waals surface area contributed by atoms with E-state index in [1.54, 1.807) is 22.5 Å². The van der Waals surface area contributed by atoms with E-state index in [0.29, 0.717) is 42.6 Å². The lowest BCUT2D eigenvalue weighted by atomic mass is 9.86. The summed E-state index contributed by atoms with van der Waals surface area (Å²) in [6, 6.07) is 10.7. The van der Waals surface area contributed by atoms with Crippen molar-refractivity contribution >= 4 is 31.0 Å². The van der Waals surface area contributed by atoms with Crippen LogP contribution in [0.2, 0.25) is 19.1 Å². The summed E-state index contributed by atoms with van der Waals surface area (Å²) in [6.45, 7) is 11.8. The van der Waals surface area contributed by atoms with Gasteiger partial charge in [-0.25, -0.2) is 14.6 Å². The van der Waals surface area contributed by atoms with E-state index in [0.717, 1.165) is 40.2 Å². The maximum absolute atomic E-state index is 13.7. The molecule has 0 fully saturated rings. The summed E-state index contributed by atoms with van der Waals surface area (Å²) in [5.74, 6) is -0.725. The fourth-order valence-electron chi connectivity index (χ4n) is 5.89. The van der Waals surface area contributed by atoms with Gasteiger partial charge >= 0.3 is 12.0 Å². The number of amides is 2. The molecule has 2 amide bonds. The smallest absolute Gasteiger partial charge is 0.343 e. The molecule has 4 heterocycles. The van der Waals surface area contributed by atoms with Crippen LogP contribution in [0, 0.1) is 0 Å². The first-order chi connectivity index (χ1) is 19.0. The first kappa shape index (κ1) is 28.0. The summed E-state index contributed by atoms with van der Waals surface area (Å²) in [4.78, 5) is 45.5. The number of carbonyl (C=O) groups is 2. The molecule has 0 unspecified atom stereocenters. The molecule has 0 saturated carbocycles. The summed E-state index contributed by atoms with van der Waals surface area (Å²) in [6.07, 6.45) is 1.59. The number of cyclic esters (lactones) is 1. The molecule has 2 aliphatic heterocycles. The van der Waals surface area contributed by atoms with Crippen LogP contribution in [-0.2, 0) is 34.7 Å². The SMILES string of the molecule is CCN(CC)C(=O)NC[Si](C)(C)CCc1c2c(nc3ccccc13)-c1cc3c(c(=O)n1C2)COC(=O)[C@]3(O)CC. The van der Waals surface area contributed by atoms with Crippen molar-refractivity contribution in [3.8, 4) is 11.4 Å². The van der Waals surface area contributed by atoms with Crippen molar-refractivity contribution in [3.63, 3.8) is 0 Å². The first-order valence-corrected chi connectivity index (χ1v) is 17.6. The predicted octanol–water partition coefficient (Wildman–Crippen LogP) is 3.92. The molecule has 0 radical (unpaired) electrons. The Balaban J connectivity index is 1.53. The molecular weight excluding hydrogens is 524 g/mol. The van der Waals surface area contributed by atoms with Crippen molar-refractivity contribution in [2.24, 2.45) is 0 Å². The van der Waals surface area contributed by atoms with Gasteiger partial charge < -0.3 is 24.6 Å². The number of ether oxygens (including phenoxy) is 1. The molecule has 0 spiro atoms. The molecule has 0 bridgehead atoms. The van der Waals surface area contributed by atoms with Crippen molar-refractivity contribution in [2.75, 3.05) is 19.3 Å². The molecule has 2 N–H and O–H groups in total. The van der Waals surface area contributed by atoms with Gasteiger partial charge in [0.2, 0.25) is 0 Å². The number of nitrogens with zero attached hydrogens (tertiary/aromatic N) is 3. The van der Waals surface area contributed by atoms with E-state index >= 15 is 0 Å². The minimum Gasteiger partial charge on any atom is -0.458 e. The van der Waals surface area contributed by atoms with Crippen molar-refractivity contribution in [2.45, 2.75) is 71.5 Å². The molecule has 9 nitrogen and oxygen atoms in total. The number of nitrogens with one attached hydrogen (secondary N) is 1. The highest BCUT2D eigenvalue weighted by Crippen LogP contribution is 2.40. The van der Waals surface area contributed by atoms with Crippen LogP contribution in [0.1, 0.15) is 49.4 Å². The van der Waals surface area contributed by atoms with Crippen LogP contribution in [0.15, 0.2) is 35.1 Å². The van der Waals surface area contributed by atoms with E-state index in [1.165, 1.54) is 0 Å². The maximum Gasteiger partial charge on any atom is 0.343 e. The summed E-state index contributed by atoms with van der Waals surface area (Å²) < 4.78 is 6.91. The molecule has 1 atom stereocenters. The van der Waals surface area contributed by atoms with Gasteiger partial charge in [0.15, 0.2) is 5.60 Å². The van der Waals surface area contributed by atoms with Crippen LogP contribution >= 0.6 is 0 Å². The Hall–Kier alpha value is -3.50. The predicted molar refractivity (Wildman–Crippen MR) is 157 cm³/mol. The Morgan fingerprint density at radius 3 is 2.60 bits per heavy atom. The van der Waals surface area contributed by atoms with E-state index in [4.69, 9.17) is 9.72 Å². The average Bonchev–Trinajstić information content (AvgIpc) is 3.31. The summed E-state index contributed by atoms with van der Waals surface area (Å²) in [7, 11) is -1.82. The number of pyridine rings is 2. The lowest BCUT2D eigenvalue weighted by Crippen LogP contribution is -2.47. The van der Waals surface area contributed by atoms with Gasteiger partial charge in [-0.15, -0.1) is 0 Å². The minimum absolute atomic E-state index is 0.0193. The number of benzene rings is 1. The second kappa shape index (κ2) is 10.5. The zero-order chi connectivity index (χ0) is 28.8. The highest BCUT2D eigenvalue weighted by Gasteiger charge is 2.45. The molecular formula is C30H38N4O5Si. The fraction of sp³-hybridized carbons (Fsp3) is 0.467. The highest BCUT2D eigenvalue weighted by atomic mass is 28.3. The van der Waals surface area contributed by atoms with Crippen LogP contribution in [-0.4, -0.2) is 58.9 Å². The van der Waals surface area contributed by atoms with Crippen molar-refractivity contribution < 1.29 is 19.4 Å². The Morgan fingerprint density at radius 2 is 1.90 bits per heavy atom. The normalized spacial score (nSPS) is 17.7. The molecule has 2 aliphatic rings. The van der Waals surface area contributed by atoms with Crippen LogP contribution in [0.3, 0.4) is 0 Å². The monoisotopic (exact) mass is 562 g/mol. The zero-order valence-electron chi connectivity index (χ0n) is 24.0. The second-order valence-corrected chi connectivity index (χ2v) is 16.7. The van der Waals surface area contributed by atoms with Gasteiger partial charge in [-0.3, -0.25) is 4.79 Å². The quantitative estimate of drug-likeness (QED) is 0.249. The molecule has 40 heavy (non-hydrogen) atoms. The Bertz CT molecular complexity index is 1560. The summed E-state index contributed by atoms with van der Waals surface area (Å²) in [5, 5.41) is 15.4.